The van der Waals surface area contributed by atoms with E-state index in [2.05, 4.69) is 71.9 Å². The summed E-state index contributed by atoms with van der Waals surface area (Å²) in [6.45, 7) is 23.8. The third-order valence-corrected chi connectivity index (χ3v) is 19.3. The van der Waals surface area contributed by atoms with Crippen molar-refractivity contribution in [3.63, 3.8) is 0 Å². The average molecular weight is 1110 g/mol. The molecule has 0 bridgehead atoms. The molecule has 18 heteroatoms. The van der Waals surface area contributed by atoms with Crippen LogP contribution in [0.3, 0.4) is 0 Å². The van der Waals surface area contributed by atoms with E-state index in [9.17, 15) is 28.8 Å². The van der Waals surface area contributed by atoms with Crippen molar-refractivity contribution in [1.82, 2.24) is 29.4 Å². The standard InChI is InChI=1S/3C21H29N3O3/c3*1-3-27-20(26)22-13-10-21(2,15-22)23-11-8-17(9-12-23)24-18-7-5-4-6-16(18)14-19(24)25/h3*4-7,17H,3,8-15H2,1-2H3. The lowest BCUT2D eigenvalue weighted by Gasteiger charge is -2.44. The first-order valence-electron chi connectivity index (χ1n) is 30.3. The van der Waals surface area contributed by atoms with E-state index in [0.29, 0.717) is 39.1 Å². The van der Waals surface area contributed by atoms with Crippen LogP contribution in [0.4, 0.5) is 31.4 Å². The lowest BCUT2D eigenvalue weighted by Crippen LogP contribution is -2.55. The molecule has 9 heterocycles. The maximum atomic E-state index is 12.6. The van der Waals surface area contributed by atoms with Crippen LogP contribution in [0, 0.1) is 0 Å². The second kappa shape index (κ2) is 24.7. The molecule has 3 unspecified atom stereocenters. The molecule has 0 radical (unpaired) electrons. The van der Waals surface area contributed by atoms with Crippen molar-refractivity contribution in [2.45, 2.75) is 153 Å². The molecule has 6 fully saturated rings. The molecule has 81 heavy (non-hydrogen) atoms. The molecular formula is C63H87N9O9. The van der Waals surface area contributed by atoms with Crippen LogP contribution >= 0.6 is 0 Å². The van der Waals surface area contributed by atoms with Gasteiger partial charge in [0.25, 0.3) is 0 Å². The van der Waals surface area contributed by atoms with Crippen LogP contribution in [0.2, 0.25) is 0 Å². The summed E-state index contributed by atoms with van der Waals surface area (Å²) in [6, 6.07) is 25.3. The molecule has 9 aliphatic rings. The lowest BCUT2D eigenvalue weighted by atomic mass is 9.93. The fraction of sp³-hybridized carbons (Fsp3) is 0.619. The Hall–Kier alpha value is -6.24. The van der Waals surface area contributed by atoms with E-state index >= 15 is 0 Å². The predicted octanol–water partition coefficient (Wildman–Crippen LogP) is 7.98. The molecule has 3 atom stereocenters. The van der Waals surface area contributed by atoms with E-state index in [0.717, 1.165) is 170 Å². The van der Waals surface area contributed by atoms with Gasteiger partial charge in [0.15, 0.2) is 0 Å². The number of amides is 6. The van der Waals surface area contributed by atoms with Crippen LogP contribution < -0.4 is 14.7 Å². The first kappa shape index (κ1) is 58.0. The molecule has 3 aromatic rings. The zero-order valence-corrected chi connectivity index (χ0v) is 49.0. The van der Waals surface area contributed by atoms with Crippen molar-refractivity contribution in [3.8, 4) is 0 Å². The molecular weight excluding hydrogens is 1030 g/mol. The molecule has 0 spiro atoms. The normalized spacial score (nSPS) is 26.5. The highest BCUT2D eigenvalue weighted by Gasteiger charge is 2.47. The summed E-state index contributed by atoms with van der Waals surface area (Å²) in [7, 11) is 0. The second-order valence-electron chi connectivity index (χ2n) is 24.5. The summed E-state index contributed by atoms with van der Waals surface area (Å²) in [5, 5.41) is 0. The summed E-state index contributed by atoms with van der Waals surface area (Å²) in [5.74, 6) is 0.695. The van der Waals surface area contributed by atoms with Gasteiger partial charge in [-0.3, -0.25) is 29.1 Å². The molecule has 18 nitrogen and oxygen atoms in total. The minimum absolute atomic E-state index is 0.00462. The Labute approximate surface area is 479 Å². The van der Waals surface area contributed by atoms with Gasteiger partial charge in [0.2, 0.25) is 17.7 Å². The Kier molecular flexibility index (Phi) is 17.7. The van der Waals surface area contributed by atoms with E-state index in [1.807, 2.05) is 86.6 Å². The number of carbonyl (C=O) groups excluding carboxylic acids is 6. The van der Waals surface area contributed by atoms with Gasteiger partial charge in [-0.2, -0.15) is 0 Å². The van der Waals surface area contributed by atoms with Crippen molar-refractivity contribution < 1.29 is 43.0 Å². The maximum absolute atomic E-state index is 12.6. The van der Waals surface area contributed by atoms with Crippen LogP contribution in [-0.4, -0.2) is 199 Å². The highest BCUT2D eigenvalue weighted by Crippen LogP contribution is 2.40. The van der Waals surface area contributed by atoms with Crippen LogP contribution in [0.1, 0.15) is 116 Å². The predicted molar refractivity (Wildman–Crippen MR) is 312 cm³/mol. The van der Waals surface area contributed by atoms with E-state index in [-0.39, 0.29) is 70.7 Å². The Bertz CT molecular complexity index is 2480. The van der Waals surface area contributed by atoms with E-state index in [4.69, 9.17) is 14.2 Å². The second-order valence-corrected chi connectivity index (χ2v) is 24.5. The molecule has 3 aromatic carbocycles. The summed E-state index contributed by atoms with van der Waals surface area (Å²) in [5.41, 5.74) is 6.76. The van der Waals surface area contributed by atoms with Crippen molar-refractivity contribution in [2.24, 2.45) is 0 Å². The number of hydrogen-bond acceptors (Lipinski definition) is 12. The number of nitrogens with zero attached hydrogens (tertiary/aromatic N) is 9. The number of hydrogen-bond donors (Lipinski definition) is 0. The Morgan fingerprint density at radius 1 is 0.407 bits per heavy atom. The Morgan fingerprint density at radius 3 is 0.901 bits per heavy atom. The van der Waals surface area contributed by atoms with E-state index in [1.165, 1.54) is 0 Å². The number of anilines is 3. The van der Waals surface area contributed by atoms with Crippen molar-refractivity contribution in [1.29, 1.82) is 0 Å². The number of piperidine rings is 3. The van der Waals surface area contributed by atoms with Crippen LogP contribution in [0.5, 0.6) is 0 Å². The van der Waals surface area contributed by atoms with Crippen LogP contribution in [0.15, 0.2) is 72.8 Å². The summed E-state index contributed by atoms with van der Waals surface area (Å²) >= 11 is 0. The number of ether oxygens (including phenoxy) is 3. The summed E-state index contributed by atoms with van der Waals surface area (Å²) < 4.78 is 15.5. The first-order valence-corrected chi connectivity index (χ1v) is 30.3. The third kappa shape index (κ3) is 12.2. The number of rotatable bonds is 9. The zero-order chi connectivity index (χ0) is 57.1. The topological polar surface area (TPSA) is 159 Å². The smallest absolute Gasteiger partial charge is 0.409 e. The highest BCUT2D eigenvalue weighted by molar-refractivity contribution is 6.03. The number of carbonyl (C=O) groups is 6. The zero-order valence-electron chi connectivity index (χ0n) is 49.0. The van der Waals surface area contributed by atoms with Gasteiger partial charge in [-0.1, -0.05) is 54.6 Å². The van der Waals surface area contributed by atoms with Crippen LogP contribution in [0.25, 0.3) is 0 Å². The van der Waals surface area contributed by atoms with Gasteiger partial charge in [0, 0.05) is 130 Å². The number of para-hydroxylation sites is 3. The molecule has 0 saturated carbocycles. The maximum Gasteiger partial charge on any atom is 0.409 e. The van der Waals surface area contributed by atoms with Crippen LogP contribution in [-0.2, 0) is 47.9 Å². The number of benzene rings is 3. The molecule has 0 N–H and O–H groups in total. The third-order valence-electron chi connectivity index (χ3n) is 19.3. The monoisotopic (exact) mass is 1110 g/mol. The molecule has 0 aromatic heterocycles. The van der Waals surface area contributed by atoms with Gasteiger partial charge in [0.05, 0.1) is 39.1 Å². The Balaban J connectivity index is 0.000000136. The van der Waals surface area contributed by atoms with Crippen molar-refractivity contribution in [2.75, 3.05) is 113 Å². The van der Waals surface area contributed by atoms with Crippen molar-refractivity contribution >= 4 is 53.1 Å². The molecule has 12 rings (SSSR count). The van der Waals surface area contributed by atoms with Crippen molar-refractivity contribution in [3.05, 3.63) is 89.5 Å². The quantitative estimate of drug-likeness (QED) is 0.191. The number of fused-ring (bicyclic) bond motifs is 3. The highest BCUT2D eigenvalue weighted by atomic mass is 16.6. The molecule has 6 saturated heterocycles. The molecule has 6 amide bonds. The summed E-state index contributed by atoms with van der Waals surface area (Å²) in [6.07, 6.45) is 9.80. The summed E-state index contributed by atoms with van der Waals surface area (Å²) in [4.78, 5) is 92.9. The van der Waals surface area contributed by atoms with Gasteiger partial charge in [-0.25, -0.2) is 14.4 Å². The van der Waals surface area contributed by atoms with Gasteiger partial charge in [-0.05, 0) is 134 Å². The van der Waals surface area contributed by atoms with Gasteiger partial charge in [0.1, 0.15) is 0 Å². The average Bonchev–Trinajstić information content (AvgIpc) is 4.47. The van der Waals surface area contributed by atoms with Gasteiger partial charge in [-0.15, -0.1) is 0 Å². The van der Waals surface area contributed by atoms with E-state index < -0.39 is 0 Å². The first-order chi connectivity index (χ1) is 39.0. The fourth-order valence-electron chi connectivity index (χ4n) is 14.7. The molecule has 0 aliphatic carbocycles. The fourth-order valence-corrected chi connectivity index (χ4v) is 14.7. The lowest BCUT2D eigenvalue weighted by molar-refractivity contribution is -0.118. The minimum atomic E-state index is -0.199. The molecule has 9 aliphatic heterocycles. The largest absolute Gasteiger partial charge is 0.450 e. The molecule has 438 valence electrons. The Morgan fingerprint density at radius 2 is 0.654 bits per heavy atom. The SMILES string of the molecule is CCOC(=O)N1CCC(C)(N2CCC(N3C(=O)Cc4ccccc43)CC2)C1.CCOC(=O)N1CCC(C)(N2CCC(N3C(=O)Cc4ccccc43)CC2)C1.CCOC(=O)N1CCC(C)(N2CCC(N3C(=O)Cc4ccccc43)CC2)C1. The van der Waals surface area contributed by atoms with Gasteiger partial charge < -0.3 is 43.6 Å². The van der Waals surface area contributed by atoms with E-state index in [1.54, 1.807) is 0 Å². The number of likely N-dealkylation sites (tertiary alicyclic amines) is 6. The minimum Gasteiger partial charge on any atom is -0.450 e. The van der Waals surface area contributed by atoms with Gasteiger partial charge >= 0.3 is 18.3 Å².